The molecule has 2 aliphatic rings. The van der Waals surface area contributed by atoms with Crippen LogP contribution in [-0.2, 0) is 0 Å². The summed E-state index contributed by atoms with van der Waals surface area (Å²) in [4.78, 5) is 21.1. The van der Waals surface area contributed by atoms with E-state index in [1.54, 1.807) is 18.5 Å². The summed E-state index contributed by atoms with van der Waals surface area (Å²) in [7, 11) is 0. The van der Waals surface area contributed by atoms with Gasteiger partial charge in [0.05, 0.1) is 11.1 Å². The minimum Gasteiger partial charge on any atom is -0.384 e. The van der Waals surface area contributed by atoms with E-state index >= 15 is 0 Å². The van der Waals surface area contributed by atoms with Gasteiger partial charge in [-0.1, -0.05) is 11.8 Å². The first-order valence-electron chi connectivity index (χ1n) is 7.36. The molecule has 2 saturated heterocycles. The van der Waals surface area contributed by atoms with Crippen molar-refractivity contribution in [3.05, 3.63) is 29.6 Å². The molecule has 0 saturated carbocycles. The van der Waals surface area contributed by atoms with Gasteiger partial charge >= 0.3 is 0 Å². The average molecular weight is 285 g/mol. The molecule has 5 heteroatoms. The lowest BCUT2D eigenvalue weighted by Crippen LogP contribution is -2.52. The van der Waals surface area contributed by atoms with E-state index < -0.39 is 0 Å². The van der Waals surface area contributed by atoms with Gasteiger partial charge in [-0.05, 0) is 25.5 Å². The molecular weight excluding hydrogens is 266 g/mol. The molecular formula is C16H19N3O2. The minimum absolute atomic E-state index is 0.0196. The summed E-state index contributed by atoms with van der Waals surface area (Å²) < 4.78 is 0. The SMILES string of the molecule is O=C(c1ccncc1C#CCO)N1CCN2CCCC2C1. The summed E-state index contributed by atoms with van der Waals surface area (Å²) in [6, 6.07) is 2.22. The Morgan fingerprint density at radius 1 is 1.43 bits per heavy atom. The molecule has 1 aromatic heterocycles. The lowest BCUT2D eigenvalue weighted by atomic mass is 10.1. The third-order valence-electron chi connectivity index (χ3n) is 4.23. The highest BCUT2D eigenvalue weighted by molar-refractivity contribution is 5.96. The maximum atomic E-state index is 12.7. The largest absolute Gasteiger partial charge is 0.384 e. The van der Waals surface area contributed by atoms with Gasteiger partial charge in [0.1, 0.15) is 6.61 Å². The van der Waals surface area contributed by atoms with Crippen LogP contribution in [0.15, 0.2) is 18.5 Å². The highest BCUT2D eigenvalue weighted by Crippen LogP contribution is 2.23. The van der Waals surface area contributed by atoms with E-state index in [9.17, 15) is 4.79 Å². The fourth-order valence-electron chi connectivity index (χ4n) is 3.16. The molecule has 2 aliphatic heterocycles. The monoisotopic (exact) mass is 285 g/mol. The number of hydrogen-bond donors (Lipinski definition) is 1. The van der Waals surface area contributed by atoms with Crippen molar-refractivity contribution >= 4 is 5.91 Å². The molecule has 1 atom stereocenters. The number of aromatic nitrogens is 1. The number of nitrogens with zero attached hydrogens (tertiary/aromatic N) is 3. The van der Waals surface area contributed by atoms with Gasteiger partial charge in [0.25, 0.3) is 5.91 Å². The Labute approximate surface area is 124 Å². The molecule has 0 radical (unpaired) electrons. The molecule has 0 aromatic carbocycles. The molecule has 1 aromatic rings. The van der Waals surface area contributed by atoms with Gasteiger partial charge in [-0.3, -0.25) is 14.7 Å². The van der Waals surface area contributed by atoms with Crippen molar-refractivity contribution in [3.8, 4) is 11.8 Å². The number of carbonyl (C=O) groups excluding carboxylic acids is 1. The second-order valence-electron chi connectivity index (χ2n) is 5.46. The van der Waals surface area contributed by atoms with Gasteiger partial charge in [-0.2, -0.15) is 0 Å². The van der Waals surface area contributed by atoms with E-state index in [1.807, 2.05) is 4.90 Å². The van der Waals surface area contributed by atoms with Crippen LogP contribution in [-0.4, -0.2) is 64.6 Å². The topological polar surface area (TPSA) is 56.7 Å². The summed E-state index contributed by atoms with van der Waals surface area (Å²) >= 11 is 0. The van der Waals surface area contributed by atoms with Crippen LogP contribution in [0.3, 0.4) is 0 Å². The Balaban J connectivity index is 1.79. The zero-order chi connectivity index (χ0) is 14.7. The molecule has 110 valence electrons. The lowest BCUT2D eigenvalue weighted by molar-refractivity contribution is 0.0571. The number of rotatable bonds is 1. The van der Waals surface area contributed by atoms with Gasteiger partial charge in [-0.25, -0.2) is 0 Å². The maximum absolute atomic E-state index is 12.7. The fraction of sp³-hybridized carbons (Fsp3) is 0.500. The number of carbonyl (C=O) groups is 1. The van der Waals surface area contributed by atoms with Gasteiger partial charge < -0.3 is 10.0 Å². The number of aliphatic hydroxyl groups excluding tert-OH is 1. The third-order valence-corrected chi connectivity index (χ3v) is 4.23. The molecule has 1 amide bonds. The Kier molecular flexibility index (Phi) is 4.18. The standard InChI is InChI=1S/C16H19N3O2/c20-10-2-3-13-11-17-6-5-15(13)16(21)19-9-8-18-7-1-4-14(18)12-19/h5-6,11,14,20H,1,4,7-10,12H2. The van der Waals surface area contributed by atoms with Crippen LogP contribution < -0.4 is 0 Å². The fourth-order valence-corrected chi connectivity index (χ4v) is 3.16. The van der Waals surface area contributed by atoms with E-state index in [0.717, 1.165) is 26.2 Å². The zero-order valence-corrected chi connectivity index (χ0v) is 12.0. The van der Waals surface area contributed by atoms with Gasteiger partial charge in [-0.15, -0.1) is 0 Å². The molecule has 1 N–H and O–H groups in total. The quantitative estimate of drug-likeness (QED) is 0.756. The number of fused-ring (bicyclic) bond motifs is 1. The molecule has 0 spiro atoms. The molecule has 5 nitrogen and oxygen atoms in total. The van der Waals surface area contributed by atoms with E-state index in [2.05, 4.69) is 21.7 Å². The molecule has 1 unspecified atom stereocenters. The van der Waals surface area contributed by atoms with Crippen molar-refractivity contribution in [2.75, 3.05) is 32.8 Å². The highest BCUT2D eigenvalue weighted by atomic mass is 16.2. The predicted octanol–water partition coefficient (Wildman–Crippen LogP) is 0.346. The Morgan fingerprint density at radius 2 is 2.33 bits per heavy atom. The third kappa shape index (κ3) is 2.92. The summed E-state index contributed by atoms with van der Waals surface area (Å²) in [5.41, 5.74) is 1.17. The second kappa shape index (κ2) is 6.25. The van der Waals surface area contributed by atoms with Crippen molar-refractivity contribution in [3.63, 3.8) is 0 Å². The smallest absolute Gasteiger partial charge is 0.255 e. The first-order chi connectivity index (χ1) is 10.3. The van der Waals surface area contributed by atoms with Crippen LogP contribution in [0.5, 0.6) is 0 Å². The molecule has 0 bridgehead atoms. The number of hydrogen-bond acceptors (Lipinski definition) is 4. The number of pyridine rings is 1. The number of piperazine rings is 1. The number of aliphatic hydroxyl groups is 1. The van der Waals surface area contributed by atoms with Crippen molar-refractivity contribution in [2.24, 2.45) is 0 Å². The predicted molar refractivity (Wildman–Crippen MR) is 78.7 cm³/mol. The molecule has 3 heterocycles. The summed E-state index contributed by atoms with van der Waals surface area (Å²) in [6.45, 7) is 3.47. The Morgan fingerprint density at radius 3 is 3.19 bits per heavy atom. The Bertz CT molecular complexity index is 591. The van der Waals surface area contributed by atoms with Crippen LogP contribution >= 0.6 is 0 Å². The van der Waals surface area contributed by atoms with Crippen LogP contribution in [0.1, 0.15) is 28.8 Å². The molecule has 2 fully saturated rings. The van der Waals surface area contributed by atoms with Crippen molar-refractivity contribution < 1.29 is 9.90 Å². The normalized spacial score (nSPS) is 21.6. The van der Waals surface area contributed by atoms with Gasteiger partial charge in [0.2, 0.25) is 0 Å². The lowest BCUT2D eigenvalue weighted by Gasteiger charge is -2.37. The van der Waals surface area contributed by atoms with E-state index in [-0.39, 0.29) is 12.5 Å². The maximum Gasteiger partial charge on any atom is 0.255 e. The number of amides is 1. The molecule has 21 heavy (non-hydrogen) atoms. The van der Waals surface area contributed by atoms with E-state index in [4.69, 9.17) is 5.11 Å². The zero-order valence-electron chi connectivity index (χ0n) is 12.0. The van der Waals surface area contributed by atoms with Crippen LogP contribution in [0.25, 0.3) is 0 Å². The van der Waals surface area contributed by atoms with Gasteiger partial charge in [0, 0.05) is 38.1 Å². The van der Waals surface area contributed by atoms with Crippen molar-refractivity contribution in [1.82, 2.24) is 14.8 Å². The van der Waals surface area contributed by atoms with E-state index in [0.29, 0.717) is 17.2 Å². The van der Waals surface area contributed by atoms with Gasteiger partial charge in [0.15, 0.2) is 0 Å². The average Bonchev–Trinajstić information content (AvgIpc) is 3.00. The van der Waals surface area contributed by atoms with Crippen LogP contribution in [0.2, 0.25) is 0 Å². The first kappa shape index (κ1) is 14.1. The van der Waals surface area contributed by atoms with Crippen LogP contribution in [0.4, 0.5) is 0 Å². The second-order valence-corrected chi connectivity index (χ2v) is 5.46. The van der Waals surface area contributed by atoms with Crippen LogP contribution in [0, 0.1) is 11.8 Å². The summed E-state index contributed by atoms with van der Waals surface area (Å²) in [6.07, 6.45) is 5.61. The summed E-state index contributed by atoms with van der Waals surface area (Å²) in [5.74, 6) is 5.41. The molecule has 3 rings (SSSR count). The Hall–Kier alpha value is -1.90. The summed E-state index contributed by atoms with van der Waals surface area (Å²) in [5, 5.41) is 8.81. The van der Waals surface area contributed by atoms with E-state index in [1.165, 1.54) is 12.8 Å². The van der Waals surface area contributed by atoms with Crippen molar-refractivity contribution in [2.45, 2.75) is 18.9 Å². The first-order valence-corrected chi connectivity index (χ1v) is 7.36. The minimum atomic E-state index is -0.219. The molecule has 0 aliphatic carbocycles. The highest BCUT2D eigenvalue weighted by Gasteiger charge is 2.33. The van der Waals surface area contributed by atoms with Crippen molar-refractivity contribution in [1.29, 1.82) is 0 Å².